The Kier molecular flexibility index (Phi) is 5.68. The van der Waals surface area contributed by atoms with Crippen LogP contribution in [0, 0.1) is 11.7 Å². The minimum atomic E-state index is -0.865. The number of carbonyl (C=O) groups is 2. The Morgan fingerprint density at radius 3 is 2.48 bits per heavy atom. The summed E-state index contributed by atoms with van der Waals surface area (Å²) >= 11 is 0. The number of nitrogens with zero attached hydrogens (tertiary/aromatic N) is 1. The van der Waals surface area contributed by atoms with E-state index in [4.69, 9.17) is 0 Å². The van der Waals surface area contributed by atoms with Crippen molar-refractivity contribution in [2.45, 2.75) is 50.6 Å². The van der Waals surface area contributed by atoms with Gasteiger partial charge in [0, 0.05) is 0 Å². The van der Waals surface area contributed by atoms with Crippen molar-refractivity contribution in [1.29, 1.82) is 0 Å². The molecule has 2 aliphatic rings. The van der Waals surface area contributed by atoms with E-state index < -0.39 is 12.0 Å². The normalized spacial score (nSPS) is 22.8. The predicted octanol–water partition coefficient (Wildman–Crippen LogP) is 2.72. The third-order valence-electron chi connectivity index (χ3n) is 5.41. The molecule has 1 amide bonds. The summed E-state index contributed by atoms with van der Waals surface area (Å²) in [5, 5.41) is 12.3. The molecular weight excluding hydrogens is 323 g/mol. The molecule has 1 saturated carbocycles. The molecule has 3 rings (SSSR count). The Balaban J connectivity index is 1.68. The summed E-state index contributed by atoms with van der Waals surface area (Å²) in [6, 6.07) is 5.60. The highest BCUT2D eigenvalue weighted by atomic mass is 19.1. The molecule has 2 atom stereocenters. The first-order valence-electron chi connectivity index (χ1n) is 9.06. The highest BCUT2D eigenvalue weighted by Gasteiger charge is 2.33. The summed E-state index contributed by atoms with van der Waals surface area (Å²) in [6.45, 7) is 0.733. The van der Waals surface area contributed by atoms with Crippen molar-refractivity contribution in [2.75, 3.05) is 13.1 Å². The third-order valence-corrected chi connectivity index (χ3v) is 5.41. The van der Waals surface area contributed by atoms with Crippen LogP contribution in [0.4, 0.5) is 4.39 Å². The highest BCUT2D eigenvalue weighted by molar-refractivity contribution is 5.80. The summed E-state index contributed by atoms with van der Waals surface area (Å²) < 4.78 is 13.2. The molecule has 1 aliphatic carbocycles. The van der Waals surface area contributed by atoms with E-state index in [1.807, 2.05) is 0 Å². The minimum absolute atomic E-state index is 0.0986. The molecule has 0 spiro atoms. The maximum atomic E-state index is 13.2. The number of carbonyl (C=O) groups excluding carboxylic acids is 1. The molecule has 0 bridgehead atoms. The second-order valence-electron chi connectivity index (χ2n) is 7.11. The van der Waals surface area contributed by atoms with Gasteiger partial charge in [-0.05, 0) is 55.8 Å². The monoisotopic (exact) mass is 348 g/mol. The van der Waals surface area contributed by atoms with E-state index in [0.29, 0.717) is 18.9 Å². The smallest absolute Gasteiger partial charge is 0.320 e. The van der Waals surface area contributed by atoms with Crippen molar-refractivity contribution in [2.24, 2.45) is 5.92 Å². The summed E-state index contributed by atoms with van der Waals surface area (Å²) in [4.78, 5) is 25.6. The van der Waals surface area contributed by atoms with Gasteiger partial charge < -0.3 is 10.4 Å². The number of benzene rings is 1. The van der Waals surface area contributed by atoms with Crippen molar-refractivity contribution in [3.63, 3.8) is 0 Å². The zero-order valence-electron chi connectivity index (χ0n) is 14.3. The fourth-order valence-corrected chi connectivity index (χ4v) is 4.13. The van der Waals surface area contributed by atoms with Crippen LogP contribution in [-0.4, -0.2) is 41.0 Å². The average Bonchev–Trinajstić information content (AvgIpc) is 3.25. The lowest BCUT2D eigenvalue weighted by Gasteiger charge is -2.27. The van der Waals surface area contributed by atoms with Gasteiger partial charge in [0.1, 0.15) is 11.9 Å². The largest absolute Gasteiger partial charge is 0.480 e. The van der Waals surface area contributed by atoms with Gasteiger partial charge >= 0.3 is 5.97 Å². The van der Waals surface area contributed by atoms with Crippen molar-refractivity contribution in [3.8, 4) is 0 Å². The number of rotatable bonds is 6. The molecule has 2 fully saturated rings. The van der Waals surface area contributed by atoms with E-state index in [1.54, 1.807) is 17.0 Å². The molecule has 2 N–H and O–H groups in total. The summed E-state index contributed by atoms with van der Waals surface area (Å²) in [5.41, 5.74) is 0.915. The van der Waals surface area contributed by atoms with Crippen LogP contribution in [0.5, 0.6) is 0 Å². The number of carboxylic acid groups (broad SMARTS) is 1. The van der Waals surface area contributed by atoms with Crippen molar-refractivity contribution in [1.82, 2.24) is 10.2 Å². The number of halogens is 1. The maximum absolute atomic E-state index is 13.2. The number of hydrogen-bond acceptors (Lipinski definition) is 3. The van der Waals surface area contributed by atoms with Crippen LogP contribution in [0.2, 0.25) is 0 Å². The molecule has 1 aromatic carbocycles. The molecule has 6 heteroatoms. The summed E-state index contributed by atoms with van der Waals surface area (Å²) in [7, 11) is 0. The Morgan fingerprint density at radius 2 is 1.84 bits per heavy atom. The molecule has 0 unspecified atom stereocenters. The van der Waals surface area contributed by atoms with E-state index in [0.717, 1.165) is 37.7 Å². The molecule has 1 aliphatic heterocycles. The second kappa shape index (κ2) is 7.95. The first kappa shape index (κ1) is 17.9. The van der Waals surface area contributed by atoms with E-state index in [1.165, 1.54) is 12.1 Å². The van der Waals surface area contributed by atoms with Gasteiger partial charge in [0.25, 0.3) is 0 Å². The summed E-state index contributed by atoms with van der Waals surface area (Å²) in [5.74, 6) is -0.963. The van der Waals surface area contributed by atoms with E-state index in [9.17, 15) is 19.1 Å². The lowest BCUT2D eigenvalue weighted by molar-refractivity contribution is -0.142. The van der Waals surface area contributed by atoms with Gasteiger partial charge in [0.2, 0.25) is 5.91 Å². The first-order valence-corrected chi connectivity index (χ1v) is 9.06. The molecule has 136 valence electrons. The van der Waals surface area contributed by atoms with Crippen molar-refractivity contribution in [3.05, 3.63) is 35.6 Å². The standard InChI is InChI=1S/C19H25FN2O3/c20-15-9-7-14(8-10-15)18(13-4-1-2-5-13)21-17(23)12-22-11-3-6-16(22)19(24)25/h7-10,13,16,18H,1-6,11-12H2,(H,21,23)(H,24,25)/t16-,18+/m1/s1. The van der Waals surface area contributed by atoms with Crippen LogP contribution in [0.15, 0.2) is 24.3 Å². The van der Waals surface area contributed by atoms with Gasteiger partial charge in [-0.25, -0.2) is 4.39 Å². The maximum Gasteiger partial charge on any atom is 0.320 e. The first-order chi connectivity index (χ1) is 12.0. The van der Waals surface area contributed by atoms with Crippen LogP contribution in [0.3, 0.4) is 0 Å². The molecule has 25 heavy (non-hydrogen) atoms. The SMILES string of the molecule is O=C(CN1CCC[C@@H]1C(=O)O)N[C@H](c1ccc(F)cc1)C1CCCC1. The van der Waals surface area contributed by atoms with E-state index >= 15 is 0 Å². The van der Waals surface area contributed by atoms with Crippen molar-refractivity contribution < 1.29 is 19.1 Å². The molecule has 5 nitrogen and oxygen atoms in total. The lowest BCUT2D eigenvalue weighted by atomic mass is 9.91. The minimum Gasteiger partial charge on any atom is -0.480 e. The fraction of sp³-hybridized carbons (Fsp3) is 0.579. The van der Waals surface area contributed by atoms with Gasteiger partial charge in [-0.3, -0.25) is 14.5 Å². The zero-order chi connectivity index (χ0) is 17.8. The second-order valence-corrected chi connectivity index (χ2v) is 7.11. The van der Waals surface area contributed by atoms with Gasteiger partial charge in [-0.15, -0.1) is 0 Å². The van der Waals surface area contributed by atoms with Crippen LogP contribution >= 0.6 is 0 Å². The van der Waals surface area contributed by atoms with Gasteiger partial charge in [0.05, 0.1) is 12.6 Å². The Hall–Kier alpha value is -1.95. The van der Waals surface area contributed by atoms with Crippen LogP contribution in [0.25, 0.3) is 0 Å². The summed E-state index contributed by atoms with van der Waals surface area (Å²) in [6.07, 6.45) is 5.77. The Labute approximate surface area is 147 Å². The highest BCUT2D eigenvalue weighted by Crippen LogP contribution is 2.35. The Morgan fingerprint density at radius 1 is 1.16 bits per heavy atom. The molecule has 1 heterocycles. The molecule has 0 aromatic heterocycles. The van der Waals surface area contributed by atoms with E-state index in [2.05, 4.69) is 5.32 Å². The molecular formula is C19H25FN2O3. The Bertz CT molecular complexity index is 614. The topological polar surface area (TPSA) is 69.6 Å². The third kappa shape index (κ3) is 4.37. The van der Waals surface area contributed by atoms with Crippen LogP contribution in [0.1, 0.15) is 50.1 Å². The van der Waals surface area contributed by atoms with Gasteiger partial charge in [-0.2, -0.15) is 0 Å². The number of carboxylic acids is 1. The number of hydrogen-bond donors (Lipinski definition) is 2. The van der Waals surface area contributed by atoms with Gasteiger partial charge in [-0.1, -0.05) is 25.0 Å². The quantitative estimate of drug-likeness (QED) is 0.829. The molecule has 1 aromatic rings. The fourth-order valence-electron chi connectivity index (χ4n) is 4.13. The average molecular weight is 348 g/mol. The molecule has 0 radical (unpaired) electrons. The zero-order valence-corrected chi connectivity index (χ0v) is 14.3. The van der Waals surface area contributed by atoms with Crippen molar-refractivity contribution >= 4 is 11.9 Å². The van der Waals surface area contributed by atoms with Crippen LogP contribution < -0.4 is 5.32 Å². The van der Waals surface area contributed by atoms with Crippen LogP contribution in [-0.2, 0) is 9.59 Å². The number of likely N-dealkylation sites (tertiary alicyclic amines) is 1. The van der Waals surface area contributed by atoms with Gasteiger partial charge in [0.15, 0.2) is 0 Å². The molecule has 1 saturated heterocycles. The number of aliphatic carboxylic acids is 1. The lowest BCUT2D eigenvalue weighted by Crippen LogP contribution is -2.44. The predicted molar refractivity (Wildman–Crippen MR) is 91.5 cm³/mol. The van der Waals surface area contributed by atoms with E-state index in [-0.39, 0.29) is 24.3 Å². The number of amides is 1. The number of nitrogens with one attached hydrogen (secondary N) is 1.